The van der Waals surface area contributed by atoms with E-state index in [-0.39, 0.29) is 17.6 Å². The maximum atomic E-state index is 12.0. The van der Waals surface area contributed by atoms with Crippen molar-refractivity contribution >= 4 is 15.9 Å². The molecule has 0 aromatic carbocycles. The molecule has 0 spiro atoms. The number of nitrogens with one attached hydrogen (secondary N) is 1. The Morgan fingerprint density at radius 3 is 2.62 bits per heavy atom. The Labute approximate surface area is 96.2 Å². The Morgan fingerprint density at radius 2 is 2.19 bits per heavy atom. The third-order valence-electron chi connectivity index (χ3n) is 3.27. The van der Waals surface area contributed by atoms with E-state index in [1.165, 1.54) is 0 Å². The molecule has 0 aromatic rings. The molecule has 2 rings (SSSR count). The normalized spacial score (nSPS) is 32.2. The number of nitrogens with zero attached hydrogens (tertiary/aromatic N) is 1. The van der Waals surface area contributed by atoms with Crippen molar-refractivity contribution in [2.75, 3.05) is 25.4 Å². The summed E-state index contributed by atoms with van der Waals surface area (Å²) in [6, 6.07) is 0. The average Bonchev–Trinajstić information content (AvgIpc) is 2.67. The van der Waals surface area contributed by atoms with E-state index in [9.17, 15) is 13.2 Å². The van der Waals surface area contributed by atoms with E-state index in [1.807, 2.05) is 0 Å². The van der Waals surface area contributed by atoms with Gasteiger partial charge in [-0.05, 0) is 39.3 Å². The fourth-order valence-electron chi connectivity index (χ4n) is 2.36. The minimum absolute atomic E-state index is 0.0566. The molecule has 0 radical (unpaired) electrons. The molecule has 1 N–H and O–H groups in total. The van der Waals surface area contributed by atoms with Gasteiger partial charge in [-0.25, -0.2) is 12.7 Å². The molecule has 0 aliphatic carbocycles. The molecule has 2 fully saturated rings. The van der Waals surface area contributed by atoms with Gasteiger partial charge >= 0.3 is 0 Å². The van der Waals surface area contributed by atoms with Crippen molar-refractivity contribution in [2.45, 2.75) is 20.3 Å². The first kappa shape index (κ1) is 11.9. The number of carbonyl (C=O) groups is 1. The van der Waals surface area contributed by atoms with E-state index in [0.29, 0.717) is 6.54 Å². The Kier molecular flexibility index (Phi) is 2.74. The van der Waals surface area contributed by atoms with E-state index in [4.69, 9.17) is 0 Å². The van der Waals surface area contributed by atoms with Crippen molar-refractivity contribution in [2.24, 2.45) is 11.3 Å². The van der Waals surface area contributed by atoms with Crippen molar-refractivity contribution in [3.63, 3.8) is 0 Å². The number of sulfonamides is 1. The average molecular weight is 246 g/mol. The number of carbonyl (C=O) groups excluding carboxylic acids is 1. The van der Waals surface area contributed by atoms with Gasteiger partial charge in [0.2, 0.25) is 15.9 Å². The zero-order valence-electron chi connectivity index (χ0n) is 9.69. The van der Waals surface area contributed by atoms with Crippen LogP contribution in [0.2, 0.25) is 0 Å². The number of amides is 1. The van der Waals surface area contributed by atoms with Gasteiger partial charge < -0.3 is 5.32 Å². The van der Waals surface area contributed by atoms with Crippen molar-refractivity contribution in [3.8, 4) is 0 Å². The van der Waals surface area contributed by atoms with Gasteiger partial charge in [-0.1, -0.05) is 0 Å². The van der Waals surface area contributed by atoms with Crippen LogP contribution in [-0.2, 0) is 14.8 Å². The van der Waals surface area contributed by atoms with Gasteiger partial charge in [0, 0.05) is 6.54 Å². The zero-order chi connectivity index (χ0) is 12.0. The number of hydrogen-bond donors (Lipinski definition) is 1. The largest absolute Gasteiger partial charge is 0.316 e. The maximum Gasteiger partial charge on any atom is 0.242 e. The molecule has 2 aliphatic rings. The molecule has 2 aliphatic heterocycles. The molecule has 5 nitrogen and oxygen atoms in total. The van der Waals surface area contributed by atoms with Gasteiger partial charge in [-0.3, -0.25) is 4.79 Å². The maximum absolute atomic E-state index is 12.0. The lowest BCUT2D eigenvalue weighted by Crippen LogP contribution is -2.37. The van der Waals surface area contributed by atoms with Crippen LogP contribution in [0.5, 0.6) is 0 Å². The summed E-state index contributed by atoms with van der Waals surface area (Å²) in [5.41, 5.74) is -0.759. The SMILES string of the molecule is CC1(C)CS(=O)(=O)N(CC2CCNC2)C1=O. The van der Waals surface area contributed by atoms with Gasteiger partial charge in [0.05, 0.1) is 11.2 Å². The van der Waals surface area contributed by atoms with E-state index in [2.05, 4.69) is 5.32 Å². The van der Waals surface area contributed by atoms with Crippen molar-refractivity contribution in [1.82, 2.24) is 9.62 Å². The highest BCUT2D eigenvalue weighted by Crippen LogP contribution is 2.32. The number of rotatable bonds is 2. The van der Waals surface area contributed by atoms with Gasteiger partial charge in [-0.2, -0.15) is 0 Å². The molecule has 2 saturated heterocycles. The second-order valence-electron chi connectivity index (χ2n) is 5.34. The van der Waals surface area contributed by atoms with Crippen molar-refractivity contribution < 1.29 is 13.2 Å². The van der Waals surface area contributed by atoms with Crippen molar-refractivity contribution in [1.29, 1.82) is 0 Å². The molecular weight excluding hydrogens is 228 g/mol. The van der Waals surface area contributed by atoms with E-state index < -0.39 is 15.4 Å². The predicted octanol–water partition coefficient (Wildman–Crippen LogP) is -0.206. The highest BCUT2D eigenvalue weighted by atomic mass is 32.2. The molecule has 92 valence electrons. The Morgan fingerprint density at radius 1 is 1.50 bits per heavy atom. The van der Waals surface area contributed by atoms with Gasteiger partial charge in [-0.15, -0.1) is 0 Å². The highest BCUT2D eigenvalue weighted by Gasteiger charge is 2.49. The van der Waals surface area contributed by atoms with Crippen LogP contribution < -0.4 is 5.32 Å². The molecule has 6 heteroatoms. The molecule has 1 atom stereocenters. The third kappa shape index (κ3) is 1.96. The molecule has 0 bridgehead atoms. The summed E-state index contributed by atoms with van der Waals surface area (Å²) >= 11 is 0. The van der Waals surface area contributed by atoms with Crippen LogP contribution in [0.1, 0.15) is 20.3 Å². The summed E-state index contributed by atoms with van der Waals surface area (Å²) in [5, 5.41) is 3.18. The third-order valence-corrected chi connectivity index (χ3v) is 5.34. The van der Waals surface area contributed by atoms with Gasteiger partial charge in [0.15, 0.2) is 0 Å². The first-order valence-electron chi connectivity index (χ1n) is 5.58. The van der Waals surface area contributed by atoms with Crippen LogP contribution >= 0.6 is 0 Å². The van der Waals surface area contributed by atoms with Crippen LogP contribution in [-0.4, -0.2) is 44.0 Å². The van der Waals surface area contributed by atoms with Crippen LogP contribution in [0.4, 0.5) is 0 Å². The second kappa shape index (κ2) is 3.70. The smallest absolute Gasteiger partial charge is 0.242 e. The van der Waals surface area contributed by atoms with Gasteiger partial charge in [0.25, 0.3) is 0 Å². The summed E-state index contributed by atoms with van der Waals surface area (Å²) in [6.45, 7) is 5.45. The minimum atomic E-state index is -3.38. The summed E-state index contributed by atoms with van der Waals surface area (Å²) in [4.78, 5) is 12.0. The first-order chi connectivity index (χ1) is 7.33. The van der Waals surface area contributed by atoms with Crippen LogP contribution in [0.15, 0.2) is 0 Å². The lowest BCUT2D eigenvalue weighted by molar-refractivity contribution is -0.132. The van der Waals surface area contributed by atoms with E-state index in [0.717, 1.165) is 23.8 Å². The lowest BCUT2D eigenvalue weighted by Gasteiger charge is -2.20. The molecule has 16 heavy (non-hydrogen) atoms. The highest BCUT2D eigenvalue weighted by molar-refractivity contribution is 7.90. The fourth-order valence-corrected chi connectivity index (χ4v) is 4.49. The summed E-state index contributed by atoms with van der Waals surface area (Å²) in [5.74, 6) is -0.0362. The first-order valence-corrected chi connectivity index (χ1v) is 7.19. The van der Waals surface area contributed by atoms with Gasteiger partial charge in [0.1, 0.15) is 0 Å². The van der Waals surface area contributed by atoms with Crippen LogP contribution in [0.25, 0.3) is 0 Å². The zero-order valence-corrected chi connectivity index (χ0v) is 10.5. The Bertz CT molecular complexity index is 396. The second-order valence-corrected chi connectivity index (χ2v) is 7.23. The van der Waals surface area contributed by atoms with Crippen molar-refractivity contribution in [3.05, 3.63) is 0 Å². The molecule has 0 saturated carbocycles. The Hall–Kier alpha value is -0.620. The predicted molar refractivity (Wildman–Crippen MR) is 60.3 cm³/mol. The summed E-state index contributed by atoms with van der Waals surface area (Å²) in [6.07, 6.45) is 0.944. The van der Waals surface area contributed by atoms with E-state index in [1.54, 1.807) is 13.8 Å². The monoisotopic (exact) mass is 246 g/mol. The topological polar surface area (TPSA) is 66.5 Å². The fraction of sp³-hybridized carbons (Fsp3) is 0.900. The molecule has 1 amide bonds. The Balaban J connectivity index is 2.16. The lowest BCUT2D eigenvalue weighted by atomic mass is 9.95. The van der Waals surface area contributed by atoms with Crippen LogP contribution in [0.3, 0.4) is 0 Å². The molecule has 0 aromatic heterocycles. The minimum Gasteiger partial charge on any atom is -0.316 e. The quantitative estimate of drug-likeness (QED) is 0.732. The molecule has 2 heterocycles. The standard InChI is InChI=1S/C10H18N2O3S/c1-10(2)7-16(14,15)12(9(10)13)6-8-3-4-11-5-8/h8,11H,3-7H2,1-2H3. The van der Waals surface area contributed by atoms with Crippen LogP contribution in [0, 0.1) is 11.3 Å². The summed E-state index contributed by atoms with van der Waals surface area (Å²) in [7, 11) is -3.38. The number of hydrogen-bond acceptors (Lipinski definition) is 4. The molecular formula is C10H18N2O3S. The molecule has 1 unspecified atom stereocenters. The van der Waals surface area contributed by atoms with E-state index >= 15 is 0 Å². The summed E-state index contributed by atoms with van der Waals surface area (Å²) < 4.78 is 24.8.